The molecule has 1 aliphatic heterocycles. The maximum atomic E-state index is 12.9. The molecule has 1 aliphatic carbocycles. The van der Waals surface area contributed by atoms with E-state index in [0.29, 0.717) is 18.3 Å². The molecule has 8 nitrogen and oxygen atoms in total. The first-order chi connectivity index (χ1) is 16.8. The predicted octanol–water partition coefficient (Wildman–Crippen LogP) is 3.26. The number of aromatic nitrogens is 3. The zero-order valence-corrected chi connectivity index (χ0v) is 21.3. The van der Waals surface area contributed by atoms with Gasteiger partial charge in [0, 0.05) is 37.9 Å². The Balaban J connectivity index is 1.54. The highest BCUT2D eigenvalue weighted by atomic mass is 16.1. The average Bonchev–Trinajstić information content (AvgIpc) is 3.47. The van der Waals surface area contributed by atoms with Gasteiger partial charge >= 0.3 is 0 Å². The van der Waals surface area contributed by atoms with E-state index in [4.69, 9.17) is 15.7 Å². The SMILES string of the molecule is CC(C)N(Cc1nc2cccc(N3CC[C@@H](N(C)C)C3)n2c1C(N)=O)[C@H]1CCCc2cccnc21. The number of primary amides is 1. The lowest BCUT2D eigenvalue weighted by Gasteiger charge is -2.37. The number of nitrogens with two attached hydrogens (primary N) is 1. The first-order valence-electron chi connectivity index (χ1n) is 12.8. The number of hydrogen-bond acceptors (Lipinski definition) is 6. The summed E-state index contributed by atoms with van der Waals surface area (Å²) < 4.78 is 1.97. The van der Waals surface area contributed by atoms with E-state index in [0.717, 1.165) is 61.6 Å². The van der Waals surface area contributed by atoms with Crippen molar-refractivity contribution in [2.24, 2.45) is 5.73 Å². The molecule has 3 aromatic rings. The van der Waals surface area contributed by atoms with Crippen LogP contribution in [0.3, 0.4) is 0 Å². The van der Waals surface area contributed by atoms with Crippen molar-refractivity contribution in [3.8, 4) is 0 Å². The van der Waals surface area contributed by atoms with Crippen molar-refractivity contribution < 1.29 is 4.79 Å². The fourth-order valence-electron chi connectivity index (χ4n) is 5.84. The molecular weight excluding hydrogens is 438 g/mol. The minimum atomic E-state index is -0.436. The number of fused-ring (bicyclic) bond motifs is 2. The molecule has 2 N–H and O–H groups in total. The maximum Gasteiger partial charge on any atom is 0.267 e. The number of amides is 1. The van der Waals surface area contributed by atoms with Gasteiger partial charge in [0.05, 0.1) is 17.4 Å². The molecule has 0 aromatic carbocycles. The van der Waals surface area contributed by atoms with Gasteiger partial charge in [-0.05, 0) is 77.4 Å². The molecule has 2 atom stereocenters. The van der Waals surface area contributed by atoms with Crippen LogP contribution in [0.2, 0.25) is 0 Å². The van der Waals surface area contributed by atoms with Crippen molar-refractivity contribution in [1.82, 2.24) is 24.2 Å². The van der Waals surface area contributed by atoms with Gasteiger partial charge in [0.2, 0.25) is 0 Å². The molecule has 4 heterocycles. The fraction of sp³-hybridized carbons (Fsp3) is 0.519. The number of carbonyl (C=O) groups is 1. The van der Waals surface area contributed by atoms with Gasteiger partial charge in [0.25, 0.3) is 5.91 Å². The third-order valence-corrected chi connectivity index (χ3v) is 7.71. The first-order valence-corrected chi connectivity index (χ1v) is 12.8. The van der Waals surface area contributed by atoms with Crippen molar-refractivity contribution in [3.63, 3.8) is 0 Å². The summed E-state index contributed by atoms with van der Waals surface area (Å²) in [5, 5.41) is 0. The second-order valence-corrected chi connectivity index (χ2v) is 10.4. The summed E-state index contributed by atoms with van der Waals surface area (Å²) >= 11 is 0. The van der Waals surface area contributed by atoms with Crippen LogP contribution < -0.4 is 10.6 Å². The monoisotopic (exact) mass is 475 g/mol. The third kappa shape index (κ3) is 4.41. The Morgan fingerprint density at radius 2 is 2.03 bits per heavy atom. The van der Waals surface area contributed by atoms with Crippen LogP contribution in [0.1, 0.15) is 66.6 Å². The standard InChI is InChI=1S/C27H37N7O/c1-18(2)33(22-10-5-8-19-9-7-14-29-25(19)22)17-21-26(27(28)35)34-23(30-21)11-6-12-24(34)32-15-13-20(16-32)31(3)4/h6-7,9,11-12,14,18,20,22H,5,8,10,13,15-17H2,1-4H3,(H2,28,35)/t20-,22+/m1/s1. The lowest BCUT2D eigenvalue weighted by Crippen LogP contribution is -2.37. The summed E-state index contributed by atoms with van der Waals surface area (Å²) in [6, 6.07) is 11.2. The van der Waals surface area contributed by atoms with E-state index < -0.39 is 5.91 Å². The Labute approximate surface area is 207 Å². The van der Waals surface area contributed by atoms with Gasteiger partial charge in [-0.1, -0.05) is 12.1 Å². The number of rotatable bonds is 7. The number of pyridine rings is 2. The number of hydrogen-bond donors (Lipinski definition) is 1. The van der Waals surface area contributed by atoms with E-state index in [1.807, 2.05) is 28.8 Å². The number of anilines is 1. The summed E-state index contributed by atoms with van der Waals surface area (Å²) in [6.07, 6.45) is 6.23. The van der Waals surface area contributed by atoms with Crippen molar-refractivity contribution in [2.75, 3.05) is 32.1 Å². The van der Waals surface area contributed by atoms with E-state index in [-0.39, 0.29) is 12.1 Å². The minimum Gasteiger partial charge on any atom is -0.364 e. The molecule has 0 saturated carbocycles. The highest BCUT2D eigenvalue weighted by molar-refractivity contribution is 5.94. The number of aryl methyl sites for hydroxylation is 1. The van der Waals surface area contributed by atoms with Gasteiger partial charge in [-0.15, -0.1) is 0 Å². The predicted molar refractivity (Wildman–Crippen MR) is 139 cm³/mol. The quantitative estimate of drug-likeness (QED) is 0.565. The van der Waals surface area contributed by atoms with Gasteiger partial charge in [-0.25, -0.2) is 4.98 Å². The molecule has 0 radical (unpaired) electrons. The van der Waals surface area contributed by atoms with Crippen LogP contribution >= 0.6 is 0 Å². The first kappa shape index (κ1) is 23.8. The summed E-state index contributed by atoms with van der Waals surface area (Å²) in [4.78, 5) is 29.6. The Kier molecular flexibility index (Phi) is 6.51. The normalized spacial score (nSPS) is 20.4. The molecule has 3 aromatic heterocycles. The molecule has 1 saturated heterocycles. The number of carbonyl (C=O) groups excluding carboxylic acids is 1. The largest absolute Gasteiger partial charge is 0.364 e. The smallest absolute Gasteiger partial charge is 0.267 e. The molecule has 2 aliphatic rings. The molecule has 186 valence electrons. The topological polar surface area (TPSA) is 83.0 Å². The van der Waals surface area contributed by atoms with Gasteiger partial charge in [0.15, 0.2) is 0 Å². The van der Waals surface area contributed by atoms with Crippen LogP contribution in [0.15, 0.2) is 36.5 Å². The van der Waals surface area contributed by atoms with Crippen LogP contribution in [-0.4, -0.2) is 69.3 Å². The van der Waals surface area contributed by atoms with E-state index in [1.165, 1.54) is 5.56 Å². The van der Waals surface area contributed by atoms with Gasteiger partial charge in [-0.3, -0.25) is 19.1 Å². The van der Waals surface area contributed by atoms with Gasteiger partial charge in [0.1, 0.15) is 17.2 Å². The van der Waals surface area contributed by atoms with Crippen molar-refractivity contribution in [2.45, 2.75) is 64.2 Å². The Bertz CT molecular complexity index is 1220. The maximum absolute atomic E-state index is 12.9. The molecule has 1 fully saturated rings. The Hall–Kier alpha value is -2.97. The summed E-state index contributed by atoms with van der Waals surface area (Å²) in [6.45, 7) is 6.82. The summed E-state index contributed by atoms with van der Waals surface area (Å²) in [7, 11) is 4.25. The van der Waals surface area contributed by atoms with Gasteiger partial charge < -0.3 is 15.5 Å². The van der Waals surface area contributed by atoms with Gasteiger partial charge in [-0.2, -0.15) is 0 Å². The molecular formula is C27H37N7O. The summed E-state index contributed by atoms with van der Waals surface area (Å²) in [5.41, 5.74) is 10.5. The van der Waals surface area contributed by atoms with Crippen molar-refractivity contribution in [1.29, 1.82) is 0 Å². The van der Waals surface area contributed by atoms with Crippen molar-refractivity contribution in [3.05, 3.63) is 59.2 Å². The molecule has 35 heavy (non-hydrogen) atoms. The summed E-state index contributed by atoms with van der Waals surface area (Å²) in [5.74, 6) is 0.550. The van der Waals surface area contributed by atoms with E-state index >= 15 is 0 Å². The van der Waals surface area contributed by atoms with E-state index in [2.05, 4.69) is 54.8 Å². The van der Waals surface area contributed by atoms with Crippen LogP contribution in [0.25, 0.3) is 5.65 Å². The number of imidazole rings is 1. The van der Waals surface area contributed by atoms with Crippen LogP contribution in [0.4, 0.5) is 5.82 Å². The second kappa shape index (κ2) is 9.59. The van der Waals surface area contributed by atoms with Crippen LogP contribution in [-0.2, 0) is 13.0 Å². The molecule has 8 heteroatoms. The minimum absolute atomic E-state index is 0.199. The lowest BCUT2D eigenvalue weighted by atomic mass is 9.90. The van der Waals surface area contributed by atoms with E-state index in [9.17, 15) is 4.79 Å². The number of likely N-dealkylation sites (N-methyl/N-ethyl adjacent to an activating group) is 1. The van der Waals surface area contributed by atoms with E-state index in [1.54, 1.807) is 0 Å². The highest BCUT2D eigenvalue weighted by Gasteiger charge is 2.32. The Morgan fingerprint density at radius 1 is 1.20 bits per heavy atom. The zero-order chi connectivity index (χ0) is 24.7. The fourth-order valence-corrected chi connectivity index (χ4v) is 5.84. The zero-order valence-electron chi connectivity index (χ0n) is 21.3. The van der Waals surface area contributed by atoms with Crippen LogP contribution in [0, 0.1) is 0 Å². The molecule has 5 rings (SSSR count). The molecule has 1 amide bonds. The highest BCUT2D eigenvalue weighted by Crippen LogP contribution is 2.36. The average molecular weight is 476 g/mol. The lowest BCUT2D eigenvalue weighted by molar-refractivity contribution is 0.0984. The van der Waals surface area contributed by atoms with Crippen molar-refractivity contribution >= 4 is 17.4 Å². The third-order valence-electron chi connectivity index (χ3n) is 7.71. The molecule has 0 spiro atoms. The molecule has 0 bridgehead atoms. The second-order valence-electron chi connectivity index (χ2n) is 10.4. The number of nitrogens with zero attached hydrogens (tertiary/aromatic N) is 6. The Morgan fingerprint density at radius 3 is 2.74 bits per heavy atom. The van der Waals surface area contributed by atoms with Crippen LogP contribution in [0.5, 0.6) is 0 Å². The molecule has 0 unspecified atom stereocenters.